The number of hydrogen-bond donors (Lipinski definition) is 1. The maximum absolute atomic E-state index is 13.8. The molecule has 0 unspecified atom stereocenters. The molecule has 0 saturated carbocycles. The van der Waals surface area contributed by atoms with Crippen LogP contribution >= 0.6 is 0 Å². The number of carbonyl (C=O) groups excluding carboxylic acids is 4. The van der Waals surface area contributed by atoms with Gasteiger partial charge in [0.05, 0.1) is 6.10 Å². The van der Waals surface area contributed by atoms with Crippen LogP contribution in [0.5, 0.6) is 5.75 Å². The summed E-state index contributed by atoms with van der Waals surface area (Å²) >= 11 is 0. The van der Waals surface area contributed by atoms with Crippen molar-refractivity contribution in [1.82, 2.24) is 0 Å². The second kappa shape index (κ2) is 10.3. The Kier molecular flexibility index (Phi) is 7.48. The Morgan fingerprint density at radius 1 is 0.974 bits per heavy atom. The molecule has 38 heavy (non-hydrogen) atoms. The number of Topliss-reactive ketones (excluding diaryl/α,β-unsaturated/α-hetero) is 1. The number of aliphatic hydroxyl groups is 1. The first-order valence-corrected chi connectivity index (χ1v) is 13.1. The summed E-state index contributed by atoms with van der Waals surface area (Å²) < 4.78 is 16.5. The minimum atomic E-state index is -1.64. The van der Waals surface area contributed by atoms with Crippen molar-refractivity contribution < 1.29 is 38.5 Å². The van der Waals surface area contributed by atoms with Gasteiger partial charge >= 0.3 is 17.9 Å². The molecule has 0 aromatic heterocycles. The molecule has 0 fully saturated rings. The predicted octanol–water partition coefficient (Wildman–Crippen LogP) is 4.85. The van der Waals surface area contributed by atoms with Gasteiger partial charge in [-0.25, -0.2) is 0 Å². The topological polar surface area (TPSA) is 116 Å². The number of carbonyl (C=O) groups is 4. The molecule has 2 aliphatic carbocycles. The van der Waals surface area contributed by atoms with E-state index < -0.39 is 47.4 Å². The van der Waals surface area contributed by atoms with Crippen molar-refractivity contribution in [1.29, 1.82) is 0 Å². The fraction of sp³-hybridized carbons (Fsp3) is 0.467. The molecule has 0 aliphatic heterocycles. The van der Waals surface area contributed by atoms with Gasteiger partial charge in [0.15, 0.2) is 12.2 Å². The average Bonchev–Trinajstić information content (AvgIpc) is 3.12. The monoisotopic (exact) mass is 522 g/mol. The molecular weight excluding hydrogens is 488 g/mol. The van der Waals surface area contributed by atoms with Crippen molar-refractivity contribution in [2.45, 2.75) is 72.0 Å². The van der Waals surface area contributed by atoms with Crippen molar-refractivity contribution >= 4 is 40.0 Å². The lowest BCUT2D eigenvalue weighted by Gasteiger charge is -2.49. The Labute approximate surface area is 221 Å². The van der Waals surface area contributed by atoms with Crippen LogP contribution in [0.1, 0.15) is 77.5 Å². The van der Waals surface area contributed by atoms with Gasteiger partial charge in [0.2, 0.25) is 5.78 Å². The Hall–Kier alpha value is -3.52. The van der Waals surface area contributed by atoms with E-state index in [2.05, 4.69) is 0 Å². The maximum Gasteiger partial charge on any atom is 0.310 e. The maximum atomic E-state index is 13.8. The van der Waals surface area contributed by atoms with E-state index >= 15 is 0 Å². The van der Waals surface area contributed by atoms with Crippen LogP contribution in [0.2, 0.25) is 0 Å². The normalized spacial score (nSPS) is 25.7. The second-order valence-electron chi connectivity index (χ2n) is 10.2. The molecule has 0 radical (unpaired) electrons. The number of fused-ring (bicyclic) bond motifs is 5. The van der Waals surface area contributed by atoms with Crippen molar-refractivity contribution in [2.24, 2.45) is 11.3 Å². The number of ketones is 1. The average molecular weight is 523 g/mol. The van der Waals surface area contributed by atoms with E-state index in [0.29, 0.717) is 11.3 Å². The highest BCUT2D eigenvalue weighted by Gasteiger charge is 2.66. The quantitative estimate of drug-likeness (QED) is 0.387. The van der Waals surface area contributed by atoms with Crippen LogP contribution in [-0.2, 0) is 28.7 Å². The van der Waals surface area contributed by atoms with Gasteiger partial charge in [0.1, 0.15) is 5.75 Å². The minimum absolute atomic E-state index is 0.0661. The molecule has 0 heterocycles. The third-order valence-corrected chi connectivity index (χ3v) is 7.88. The molecule has 2 aliphatic rings. The third-order valence-electron chi connectivity index (χ3n) is 7.88. The van der Waals surface area contributed by atoms with Crippen LogP contribution < -0.4 is 4.74 Å². The number of aliphatic hydroxyl groups excluding tert-OH is 1. The lowest BCUT2D eigenvalue weighted by molar-refractivity contribution is -0.187. The Bertz CT molecular complexity index is 1340. The van der Waals surface area contributed by atoms with Crippen molar-refractivity contribution in [2.75, 3.05) is 6.61 Å². The van der Waals surface area contributed by atoms with E-state index in [1.165, 1.54) is 0 Å². The van der Waals surface area contributed by atoms with Crippen LogP contribution in [0.25, 0.3) is 16.3 Å². The third kappa shape index (κ3) is 4.30. The summed E-state index contributed by atoms with van der Waals surface area (Å²) in [7, 11) is 0. The van der Waals surface area contributed by atoms with E-state index in [-0.39, 0.29) is 31.7 Å². The van der Waals surface area contributed by atoms with E-state index in [1.807, 2.05) is 31.2 Å². The molecule has 2 aromatic carbocycles. The van der Waals surface area contributed by atoms with Gasteiger partial charge in [-0.2, -0.15) is 0 Å². The van der Waals surface area contributed by atoms with Gasteiger partial charge in [-0.05, 0) is 46.0 Å². The zero-order valence-electron chi connectivity index (χ0n) is 22.5. The number of ether oxygens (including phenoxy) is 3. The minimum Gasteiger partial charge on any atom is -0.457 e. The summed E-state index contributed by atoms with van der Waals surface area (Å²) in [4.78, 5) is 50.0. The number of rotatable bonds is 8. The first kappa shape index (κ1) is 27.5. The van der Waals surface area contributed by atoms with Crippen LogP contribution in [0.3, 0.4) is 0 Å². The largest absolute Gasteiger partial charge is 0.457 e. The molecule has 8 heteroatoms. The summed E-state index contributed by atoms with van der Waals surface area (Å²) in [6.07, 6.45) is 1.51. The fourth-order valence-electron chi connectivity index (χ4n) is 6.02. The summed E-state index contributed by atoms with van der Waals surface area (Å²) in [5.41, 5.74) is -0.447. The molecule has 0 spiro atoms. The van der Waals surface area contributed by atoms with E-state index in [9.17, 15) is 24.3 Å². The lowest BCUT2D eigenvalue weighted by Crippen LogP contribution is -2.59. The molecule has 0 saturated heterocycles. The Morgan fingerprint density at radius 2 is 1.66 bits per heavy atom. The molecule has 4 rings (SSSR count). The van der Waals surface area contributed by atoms with Crippen LogP contribution in [0.15, 0.2) is 36.4 Å². The molecule has 202 valence electrons. The summed E-state index contributed by atoms with van der Waals surface area (Å²) in [6.45, 7) is 8.12. The van der Waals surface area contributed by atoms with Gasteiger partial charge in [-0.3, -0.25) is 19.2 Å². The fourth-order valence-corrected chi connectivity index (χ4v) is 6.02. The second-order valence-corrected chi connectivity index (χ2v) is 10.2. The van der Waals surface area contributed by atoms with Crippen molar-refractivity contribution in [3.05, 3.63) is 47.5 Å². The van der Waals surface area contributed by atoms with Crippen molar-refractivity contribution in [3.8, 4) is 5.75 Å². The zero-order valence-corrected chi connectivity index (χ0v) is 22.5. The van der Waals surface area contributed by atoms with E-state index in [4.69, 9.17) is 14.2 Å². The Morgan fingerprint density at radius 3 is 2.32 bits per heavy atom. The molecule has 4 atom stereocenters. The lowest BCUT2D eigenvalue weighted by atomic mass is 9.59. The standard InChI is InChI=1S/C30H34O8/c1-6-25(33)36-16-24(32)30(38-27(35)8-3)17(4)13-22-21-11-9-18-14-19(37-26(34)7-2)10-12-20(18)28(21)23(31)15-29(22,30)5/h9-14,17,23,31H,6-8,15-16H2,1-5H3/t17-,23+,29+,30-/m1/s1. The number of benzene rings is 2. The molecule has 2 aromatic rings. The van der Waals surface area contributed by atoms with E-state index in [0.717, 1.165) is 21.9 Å². The first-order chi connectivity index (χ1) is 18.0. The molecule has 1 N–H and O–H groups in total. The summed E-state index contributed by atoms with van der Waals surface area (Å²) in [5, 5.41) is 13.1. The highest BCUT2D eigenvalue weighted by atomic mass is 16.6. The molecular formula is C30H34O8. The van der Waals surface area contributed by atoms with Gasteiger partial charge in [-0.1, -0.05) is 58.9 Å². The van der Waals surface area contributed by atoms with Crippen LogP contribution in [0.4, 0.5) is 0 Å². The summed E-state index contributed by atoms with van der Waals surface area (Å²) in [5.74, 6) is -2.03. The zero-order chi connectivity index (χ0) is 27.8. The number of hydrogen-bond acceptors (Lipinski definition) is 8. The molecule has 0 bridgehead atoms. The predicted molar refractivity (Wildman–Crippen MR) is 140 cm³/mol. The van der Waals surface area contributed by atoms with Crippen LogP contribution in [0, 0.1) is 11.3 Å². The Balaban J connectivity index is 1.82. The van der Waals surface area contributed by atoms with Gasteiger partial charge < -0.3 is 19.3 Å². The molecule has 8 nitrogen and oxygen atoms in total. The SMILES string of the molecule is CCC(=O)OCC(=O)[C@]1(OC(=O)CC)[C@H](C)C=C2c3ccc4cc(OC(=O)CC)ccc4c3[C@@H](O)C[C@@]21C. The molecule has 0 amide bonds. The highest BCUT2D eigenvalue weighted by Crippen LogP contribution is 2.63. The van der Waals surface area contributed by atoms with Gasteiger partial charge in [0, 0.05) is 30.6 Å². The summed E-state index contributed by atoms with van der Waals surface area (Å²) in [6, 6.07) is 9.03. The van der Waals surface area contributed by atoms with Gasteiger partial charge in [0.25, 0.3) is 0 Å². The highest BCUT2D eigenvalue weighted by molar-refractivity contribution is 6.01. The van der Waals surface area contributed by atoms with Gasteiger partial charge in [-0.15, -0.1) is 0 Å². The van der Waals surface area contributed by atoms with Crippen LogP contribution in [-0.4, -0.2) is 41.0 Å². The smallest absolute Gasteiger partial charge is 0.310 e. The van der Waals surface area contributed by atoms with E-state index in [1.54, 1.807) is 39.8 Å². The number of esters is 3. The van der Waals surface area contributed by atoms with Crippen molar-refractivity contribution in [3.63, 3.8) is 0 Å². The first-order valence-electron chi connectivity index (χ1n) is 13.1.